The van der Waals surface area contributed by atoms with Crippen LogP contribution in [0.15, 0.2) is 12.1 Å². The molecule has 1 rings (SSSR count). The smallest absolute Gasteiger partial charge is 0.226 e. The number of benzene rings is 1. The fraction of sp³-hybridized carbons (Fsp3) is 0.125. The van der Waals surface area contributed by atoms with Crippen molar-refractivity contribution >= 4 is 16.8 Å². The number of rotatable bonds is 2. The molecule has 0 saturated heterocycles. The van der Waals surface area contributed by atoms with Gasteiger partial charge in [-0.15, -0.1) is 0 Å². The molecule has 0 unspecified atom stereocenters. The van der Waals surface area contributed by atoms with Crippen molar-refractivity contribution in [1.29, 1.82) is 0 Å². The lowest BCUT2D eigenvalue weighted by molar-refractivity contribution is -0.111. The maximum Gasteiger partial charge on any atom is 0.226 e. The highest BCUT2D eigenvalue weighted by molar-refractivity contribution is 6.63. The zero-order valence-corrected chi connectivity index (χ0v) is 7.04. The van der Waals surface area contributed by atoms with Crippen LogP contribution in [0.3, 0.4) is 0 Å². The summed E-state index contributed by atoms with van der Waals surface area (Å²) in [4.78, 5) is 10.3. The molecule has 0 radical (unpaired) electrons. The minimum absolute atomic E-state index is 0.0106. The van der Waals surface area contributed by atoms with Crippen LogP contribution < -0.4 is 0 Å². The highest BCUT2D eigenvalue weighted by Crippen LogP contribution is 2.14. The largest absolute Gasteiger partial charge is 0.281 e. The van der Waals surface area contributed by atoms with E-state index in [1.54, 1.807) is 0 Å². The number of hydrogen-bond acceptors (Lipinski definition) is 1. The Morgan fingerprint density at radius 3 is 2.08 bits per heavy atom. The van der Waals surface area contributed by atoms with Crippen LogP contribution in [0, 0.1) is 17.5 Å². The molecule has 0 aliphatic heterocycles. The lowest BCUT2D eigenvalue weighted by Crippen LogP contribution is -1.98. The summed E-state index contributed by atoms with van der Waals surface area (Å²) < 4.78 is 37.4. The van der Waals surface area contributed by atoms with Gasteiger partial charge >= 0.3 is 0 Å². The van der Waals surface area contributed by atoms with Gasteiger partial charge in [-0.2, -0.15) is 0 Å². The summed E-state index contributed by atoms with van der Waals surface area (Å²) in [5, 5.41) is -0.759. The van der Waals surface area contributed by atoms with Crippen molar-refractivity contribution < 1.29 is 18.0 Å². The zero-order chi connectivity index (χ0) is 10.0. The average molecular weight is 209 g/mol. The summed E-state index contributed by atoms with van der Waals surface area (Å²) in [6.07, 6.45) is -0.324. The van der Waals surface area contributed by atoms with Gasteiger partial charge in [0, 0.05) is 6.42 Å². The fourth-order valence-corrected chi connectivity index (χ4v) is 1.02. The number of halogens is 4. The van der Waals surface area contributed by atoms with Crippen molar-refractivity contribution in [2.75, 3.05) is 0 Å². The third-order valence-corrected chi connectivity index (χ3v) is 1.52. The van der Waals surface area contributed by atoms with Crippen molar-refractivity contribution in [3.63, 3.8) is 0 Å². The molecule has 0 spiro atoms. The van der Waals surface area contributed by atoms with Gasteiger partial charge in [-0.1, -0.05) is 0 Å². The molecule has 0 aromatic heterocycles. The highest BCUT2D eigenvalue weighted by Gasteiger charge is 2.11. The van der Waals surface area contributed by atoms with Crippen LogP contribution in [0.5, 0.6) is 0 Å². The first-order valence-electron chi connectivity index (χ1n) is 3.32. The molecule has 1 nitrogen and oxygen atoms in total. The molecular formula is C8H4ClF3O. The van der Waals surface area contributed by atoms with Gasteiger partial charge in [-0.25, -0.2) is 13.2 Å². The lowest BCUT2D eigenvalue weighted by Gasteiger charge is -1.99. The Balaban J connectivity index is 3.06. The Bertz CT molecular complexity index is 328. The third kappa shape index (κ3) is 2.45. The zero-order valence-electron chi connectivity index (χ0n) is 6.28. The maximum absolute atomic E-state index is 12.5. The van der Waals surface area contributed by atoms with Crippen molar-refractivity contribution in [1.82, 2.24) is 0 Å². The van der Waals surface area contributed by atoms with Crippen LogP contribution in [-0.4, -0.2) is 5.24 Å². The molecule has 0 atom stereocenters. The lowest BCUT2D eigenvalue weighted by atomic mass is 10.1. The summed E-state index contributed by atoms with van der Waals surface area (Å²) in [7, 11) is 0. The van der Waals surface area contributed by atoms with E-state index in [2.05, 4.69) is 0 Å². The first-order chi connectivity index (χ1) is 6.00. The predicted molar refractivity (Wildman–Crippen MR) is 40.9 cm³/mol. The van der Waals surface area contributed by atoms with Crippen LogP contribution in [0.25, 0.3) is 0 Å². The predicted octanol–water partition coefficient (Wildman–Crippen LogP) is 2.41. The quantitative estimate of drug-likeness (QED) is 0.539. The molecule has 0 aliphatic carbocycles. The van der Waals surface area contributed by atoms with E-state index in [0.29, 0.717) is 0 Å². The molecule has 0 saturated carbocycles. The molecule has 13 heavy (non-hydrogen) atoms. The summed E-state index contributed by atoms with van der Waals surface area (Å²) in [6.45, 7) is 0. The molecule has 0 N–H and O–H groups in total. The van der Waals surface area contributed by atoms with Crippen LogP contribution >= 0.6 is 11.6 Å². The summed E-state index contributed by atoms with van der Waals surface area (Å²) in [5.74, 6) is -4.20. The van der Waals surface area contributed by atoms with E-state index in [0.717, 1.165) is 12.1 Å². The molecule has 1 aromatic rings. The molecule has 0 heterocycles. The van der Waals surface area contributed by atoms with E-state index in [4.69, 9.17) is 11.6 Å². The number of carbonyl (C=O) groups is 1. The Hall–Kier alpha value is -1.03. The topological polar surface area (TPSA) is 17.1 Å². The molecule has 5 heteroatoms. The second-order valence-corrected chi connectivity index (χ2v) is 2.83. The van der Waals surface area contributed by atoms with Crippen LogP contribution in [0.1, 0.15) is 5.56 Å². The Kier molecular flexibility index (Phi) is 2.93. The van der Waals surface area contributed by atoms with Crippen molar-refractivity contribution in [2.24, 2.45) is 0 Å². The van der Waals surface area contributed by atoms with Gasteiger partial charge in [0.1, 0.15) is 0 Å². The van der Waals surface area contributed by atoms with Gasteiger partial charge in [0.25, 0.3) is 0 Å². The van der Waals surface area contributed by atoms with Crippen molar-refractivity contribution in [3.05, 3.63) is 35.1 Å². The van der Waals surface area contributed by atoms with Crippen molar-refractivity contribution in [3.8, 4) is 0 Å². The van der Waals surface area contributed by atoms with Crippen LogP contribution in [0.4, 0.5) is 13.2 Å². The summed E-state index contributed by atoms with van der Waals surface area (Å²) in [5.41, 5.74) is 0.0106. The van der Waals surface area contributed by atoms with Gasteiger partial charge in [-0.05, 0) is 29.3 Å². The molecule has 70 valence electrons. The maximum atomic E-state index is 12.5. The minimum atomic E-state index is -1.55. The Morgan fingerprint density at radius 2 is 1.69 bits per heavy atom. The third-order valence-electron chi connectivity index (χ3n) is 1.39. The molecule has 0 fully saturated rings. The van der Waals surface area contributed by atoms with Gasteiger partial charge in [0.05, 0.1) is 0 Å². The highest BCUT2D eigenvalue weighted by atomic mass is 35.5. The fourth-order valence-electron chi connectivity index (χ4n) is 0.871. The first kappa shape index (κ1) is 10.1. The normalized spacial score (nSPS) is 10.2. The van der Waals surface area contributed by atoms with Crippen LogP contribution in [0.2, 0.25) is 0 Å². The molecular weight excluding hydrogens is 205 g/mol. The van der Waals surface area contributed by atoms with Gasteiger partial charge < -0.3 is 0 Å². The van der Waals surface area contributed by atoms with E-state index in [1.807, 2.05) is 0 Å². The second kappa shape index (κ2) is 3.79. The van der Waals surface area contributed by atoms with E-state index >= 15 is 0 Å². The number of hydrogen-bond donors (Lipinski definition) is 0. The first-order valence-corrected chi connectivity index (χ1v) is 3.70. The number of carbonyl (C=O) groups excluding carboxylic acids is 1. The summed E-state index contributed by atoms with van der Waals surface area (Å²) >= 11 is 4.98. The van der Waals surface area contributed by atoms with Crippen molar-refractivity contribution in [2.45, 2.75) is 6.42 Å². The van der Waals surface area contributed by atoms with Crippen LogP contribution in [-0.2, 0) is 11.2 Å². The molecule has 0 amide bonds. The van der Waals surface area contributed by atoms with E-state index in [9.17, 15) is 18.0 Å². The Morgan fingerprint density at radius 1 is 1.23 bits per heavy atom. The van der Waals surface area contributed by atoms with Gasteiger partial charge in [0.15, 0.2) is 17.5 Å². The second-order valence-electron chi connectivity index (χ2n) is 2.41. The van der Waals surface area contributed by atoms with Gasteiger partial charge in [0.2, 0.25) is 5.24 Å². The molecule has 0 aliphatic rings. The monoisotopic (exact) mass is 208 g/mol. The standard InChI is InChI=1S/C8H4ClF3O/c9-7(13)3-4-1-5(10)8(12)6(11)2-4/h1-2H,3H2. The summed E-state index contributed by atoms with van der Waals surface area (Å²) in [6, 6.07) is 1.47. The SMILES string of the molecule is O=C(Cl)Cc1cc(F)c(F)c(F)c1. The molecule has 1 aromatic carbocycles. The minimum Gasteiger partial charge on any atom is -0.281 e. The van der Waals surface area contributed by atoms with E-state index in [-0.39, 0.29) is 12.0 Å². The Labute approximate surface area is 77.1 Å². The van der Waals surface area contributed by atoms with Gasteiger partial charge in [-0.3, -0.25) is 4.79 Å². The van der Waals surface area contributed by atoms with E-state index < -0.39 is 22.7 Å². The van der Waals surface area contributed by atoms with E-state index in [1.165, 1.54) is 0 Å². The average Bonchev–Trinajstić information content (AvgIpc) is 1.98. The molecule has 0 bridgehead atoms.